The van der Waals surface area contributed by atoms with Crippen LogP contribution in [0.15, 0.2) is 29.6 Å². The monoisotopic (exact) mass is 384 g/mol. The van der Waals surface area contributed by atoms with Crippen LogP contribution in [-0.4, -0.2) is 55.1 Å². The van der Waals surface area contributed by atoms with Gasteiger partial charge in [-0.2, -0.15) is 0 Å². The minimum Gasteiger partial charge on any atom is -0.371 e. The van der Waals surface area contributed by atoms with Crippen LogP contribution in [0.2, 0.25) is 0 Å². The Hall–Kier alpha value is -1.92. The van der Waals surface area contributed by atoms with E-state index in [1.807, 2.05) is 11.9 Å². The number of nitrogens with one attached hydrogen (secondary N) is 1. The fourth-order valence-electron chi connectivity index (χ4n) is 4.13. The van der Waals surface area contributed by atoms with E-state index in [0.717, 1.165) is 49.7 Å². The summed E-state index contributed by atoms with van der Waals surface area (Å²) in [4.78, 5) is 20.6. The Kier molecular flexibility index (Phi) is 5.45. The molecule has 2 aliphatic heterocycles. The number of benzene rings is 1. The van der Waals surface area contributed by atoms with E-state index in [9.17, 15) is 4.79 Å². The first-order valence-corrected chi connectivity index (χ1v) is 10.7. The SMILES string of the molecule is Cc1nc(-c2cccc(N3CCC(NCC4CC(=O)N(C)C4)CC3)c2)cs1. The molecule has 2 aliphatic rings. The number of carbonyl (C=O) groups excluding carboxylic acids is 1. The summed E-state index contributed by atoms with van der Waals surface area (Å²) in [6, 6.07) is 9.31. The second kappa shape index (κ2) is 7.98. The molecule has 5 nitrogen and oxygen atoms in total. The molecule has 6 heteroatoms. The number of piperidine rings is 1. The van der Waals surface area contributed by atoms with Crippen molar-refractivity contribution in [2.45, 2.75) is 32.2 Å². The van der Waals surface area contributed by atoms with Gasteiger partial charge in [-0.15, -0.1) is 11.3 Å². The number of anilines is 1. The molecular weight excluding hydrogens is 356 g/mol. The zero-order valence-electron chi connectivity index (χ0n) is 16.1. The topological polar surface area (TPSA) is 48.5 Å². The van der Waals surface area contributed by atoms with Crippen molar-refractivity contribution in [1.82, 2.24) is 15.2 Å². The van der Waals surface area contributed by atoms with Crippen LogP contribution < -0.4 is 10.2 Å². The fourth-order valence-corrected chi connectivity index (χ4v) is 4.75. The molecule has 1 atom stereocenters. The molecule has 0 bridgehead atoms. The third-order valence-corrected chi connectivity index (χ3v) is 6.51. The highest BCUT2D eigenvalue weighted by atomic mass is 32.1. The van der Waals surface area contributed by atoms with E-state index in [1.165, 1.54) is 11.3 Å². The van der Waals surface area contributed by atoms with Crippen molar-refractivity contribution in [3.8, 4) is 11.3 Å². The van der Waals surface area contributed by atoms with Crippen LogP contribution in [0, 0.1) is 12.8 Å². The molecular formula is C21H28N4OS. The summed E-state index contributed by atoms with van der Waals surface area (Å²) in [5.74, 6) is 0.755. The molecule has 1 N–H and O–H groups in total. The first-order valence-electron chi connectivity index (χ1n) is 9.83. The van der Waals surface area contributed by atoms with Crippen LogP contribution in [0.3, 0.4) is 0 Å². The van der Waals surface area contributed by atoms with E-state index in [1.54, 1.807) is 11.3 Å². The van der Waals surface area contributed by atoms with E-state index < -0.39 is 0 Å². The molecule has 2 saturated heterocycles. The second-order valence-corrected chi connectivity index (χ2v) is 8.88. The lowest BCUT2D eigenvalue weighted by Crippen LogP contribution is -2.44. The fraction of sp³-hybridized carbons (Fsp3) is 0.524. The van der Waals surface area contributed by atoms with Crippen molar-refractivity contribution < 1.29 is 4.79 Å². The maximum atomic E-state index is 11.7. The maximum Gasteiger partial charge on any atom is 0.222 e. The molecule has 2 fully saturated rings. The number of rotatable bonds is 5. The summed E-state index contributed by atoms with van der Waals surface area (Å²) < 4.78 is 0. The van der Waals surface area contributed by atoms with Crippen LogP contribution in [0.25, 0.3) is 11.3 Å². The number of hydrogen-bond acceptors (Lipinski definition) is 5. The van der Waals surface area contributed by atoms with Crippen molar-refractivity contribution >= 4 is 22.9 Å². The van der Waals surface area contributed by atoms with Gasteiger partial charge in [-0.25, -0.2) is 4.98 Å². The highest BCUT2D eigenvalue weighted by molar-refractivity contribution is 7.09. The molecule has 4 rings (SSSR count). The van der Waals surface area contributed by atoms with Gasteiger partial charge in [-0.3, -0.25) is 4.79 Å². The molecule has 1 aromatic carbocycles. The largest absolute Gasteiger partial charge is 0.371 e. The molecule has 0 saturated carbocycles. The Bertz CT molecular complexity index is 797. The summed E-state index contributed by atoms with van der Waals surface area (Å²) in [6.45, 7) is 6.05. The van der Waals surface area contributed by atoms with Crippen LogP contribution in [-0.2, 0) is 4.79 Å². The van der Waals surface area contributed by atoms with Crippen LogP contribution in [0.5, 0.6) is 0 Å². The lowest BCUT2D eigenvalue weighted by Gasteiger charge is -2.34. The van der Waals surface area contributed by atoms with E-state index >= 15 is 0 Å². The third kappa shape index (κ3) is 4.33. The number of thiazole rings is 1. The minimum atomic E-state index is 0.284. The highest BCUT2D eigenvalue weighted by Gasteiger charge is 2.27. The molecule has 0 radical (unpaired) electrons. The van der Waals surface area contributed by atoms with Gasteiger partial charge < -0.3 is 15.1 Å². The van der Waals surface area contributed by atoms with E-state index in [-0.39, 0.29) is 5.91 Å². The van der Waals surface area contributed by atoms with Crippen LogP contribution in [0.4, 0.5) is 5.69 Å². The Morgan fingerprint density at radius 1 is 1.30 bits per heavy atom. The Morgan fingerprint density at radius 3 is 2.78 bits per heavy atom. The molecule has 1 unspecified atom stereocenters. The van der Waals surface area contributed by atoms with Gasteiger partial charge in [0.15, 0.2) is 0 Å². The number of hydrogen-bond donors (Lipinski definition) is 1. The van der Waals surface area contributed by atoms with E-state index in [2.05, 4.69) is 51.8 Å². The van der Waals surface area contributed by atoms with Crippen molar-refractivity contribution in [3.05, 3.63) is 34.7 Å². The smallest absolute Gasteiger partial charge is 0.222 e. The Balaban J connectivity index is 1.30. The third-order valence-electron chi connectivity index (χ3n) is 5.74. The van der Waals surface area contributed by atoms with Gasteiger partial charge in [-0.05, 0) is 37.8 Å². The minimum absolute atomic E-state index is 0.284. The first kappa shape index (κ1) is 18.4. The zero-order valence-corrected chi connectivity index (χ0v) is 17.0. The summed E-state index contributed by atoms with van der Waals surface area (Å²) in [5.41, 5.74) is 3.57. The second-order valence-electron chi connectivity index (χ2n) is 7.82. The van der Waals surface area contributed by atoms with Crippen molar-refractivity contribution in [1.29, 1.82) is 0 Å². The molecule has 1 amide bonds. The predicted octanol–water partition coefficient (Wildman–Crippen LogP) is 3.16. The molecule has 144 valence electrons. The highest BCUT2D eigenvalue weighted by Crippen LogP contribution is 2.27. The van der Waals surface area contributed by atoms with Crippen molar-refractivity contribution in [2.24, 2.45) is 5.92 Å². The summed E-state index contributed by atoms with van der Waals surface area (Å²) >= 11 is 1.70. The van der Waals surface area contributed by atoms with Gasteiger partial charge in [0.1, 0.15) is 0 Å². The molecule has 3 heterocycles. The van der Waals surface area contributed by atoms with Gasteiger partial charge in [-0.1, -0.05) is 12.1 Å². The van der Waals surface area contributed by atoms with Gasteiger partial charge >= 0.3 is 0 Å². The van der Waals surface area contributed by atoms with E-state index in [4.69, 9.17) is 0 Å². The first-order chi connectivity index (χ1) is 13.1. The van der Waals surface area contributed by atoms with Crippen LogP contribution >= 0.6 is 11.3 Å². The molecule has 1 aromatic heterocycles. The average molecular weight is 385 g/mol. The number of aromatic nitrogens is 1. The molecule has 0 aliphatic carbocycles. The molecule has 0 spiro atoms. The van der Waals surface area contributed by atoms with Crippen LogP contribution in [0.1, 0.15) is 24.3 Å². The lowest BCUT2D eigenvalue weighted by atomic mass is 10.0. The standard InChI is InChI=1S/C21H28N4OS/c1-15-23-20(14-27-15)17-4-3-5-19(11-17)25-8-6-18(7-9-25)22-12-16-10-21(26)24(2)13-16/h3-5,11,14,16,18,22H,6-10,12-13H2,1-2H3. The number of likely N-dealkylation sites (tertiary alicyclic amines) is 1. The Labute approximate surface area is 165 Å². The maximum absolute atomic E-state index is 11.7. The summed E-state index contributed by atoms with van der Waals surface area (Å²) in [6.07, 6.45) is 3.00. The van der Waals surface area contributed by atoms with Gasteiger partial charge in [0, 0.05) is 62.3 Å². The van der Waals surface area contributed by atoms with Gasteiger partial charge in [0.25, 0.3) is 0 Å². The number of aryl methyl sites for hydroxylation is 1. The predicted molar refractivity (Wildman–Crippen MR) is 111 cm³/mol. The number of nitrogens with zero attached hydrogens (tertiary/aromatic N) is 3. The number of amides is 1. The lowest BCUT2D eigenvalue weighted by molar-refractivity contribution is -0.126. The normalized spacial score (nSPS) is 21.3. The Morgan fingerprint density at radius 2 is 2.11 bits per heavy atom. The van der Waals surface area contributed by atoms with Crippen molar-refractivity contribution in [2.75, 3.05) is 38.1 Å². The summed E-state index contributed by atoms with van der Waals surface area (Å²) in [5, 5.41) is 6.95. The number of carbonyl (C=O) groups is 1. The quantitative estimate of drug-likeness (QED) is 0.860. The van der Waals surface area contributed by atoms with Crippen molar-refractivity contribution in [3.63, 3.8) is 0 Å². The zero-order chi connectivity index (χ0) is 18.8. The average Bonchev–Trinajstić information content (AvgIpc) is 3.26. The molecule has 27 heavy (non-hydrogen) atoms. The van der Waals surface area contributed by atoms with Gasteiger partial charge in [0.05, 0.1) is 10.7 Å². The summed E-state index contributed by atoms with van der Waals surface area (Å²) in [7, 11) is 1.90. The van der Waals surface area contributed by atoms with E-state index in [0.29, 0.717) is 18.4 Å². The molecule has 2 aromatic rings. The van der Waals surface area contributed by atoms with Gasteiger partial charge in [0.2, 0.25) is 5.91 Å².